The molecule has 0 aliphatic rings. The molecule has 0 aliphatic heterocycles. The molecule has 2 N–H and O–H groups in total. The fourth-order valence-corrected chi connectivity index (χ4v) is 1.76. The van der Waals surface area contributed by atoms with Crippen LogP contribution in [0.2, 0.25) is 0 Å². The zero-order chi connectivity index (χ0) is 16.0. The van der Waals surface area contributed by atoms with Gasteiger partial charge in [-0.2, -0.15) is 0 Å². The number of nitro groups is 1. The molecule has 0 radical (unpaired) electrons. The van der Waals surface area contributed by atoms with Gasteiger partial charge in [0, 0.05) is 11.6 Å². The van der Waals surface area contributed by atoms with Crippen molar-refractivity contribution < 1.29 is 24.4 Å². The molecule has 8 heteroatoms. The van der Waals surface area contributed by atoms with Crippen LogP contribution in [0.25, 0.3) is 0 Å². The summed E-state index contributed by atoms with van der Waals surface area (Å²) < 4.78 is 4.83. The number of carbonyl (C=O) groups is 2. The number of aliphatic carboxylic acids is 1. The fraction of sp³-hybridized carbons (Fsp3) is 0.385. The minimum Gasteiger partial charge on any atom is -0.490 e. The minimum absolute atomic E-state index is 0.00449. The SMILES string of the molecule is CCCC(NC(=O)c1ccc(OC)c([N+](=O)[O-])c1)C(=O)O. The molecule has 1 rings (SSSR count). The number of carboxylic acid groups (broad SMARTS) is 1. The molecule has 0 saturated heterocycles. The number of ether oxygens (including phenoxy) is 1. The number of hydrogen-bond donors (Lipinski definition) is 2. The van der Waals surface area contributed by atoms with Crippen LogP contribution in [-0.4, -0.2) is 35.1 Å². The average Bonchev–Trinajstić information content (AvgIpc) is 2.45. The number of amides is 1. The lowest BCUT2D eigenvalue weighted by Gasteiger charge is -2.13. The first-order chi connectivity index (χ1) is 9.90. The maximum atomic E-state index is 12.0. The lowest BCUT2D eigenvalue weighted by molar-refractivity contribution is -0.385. The Balaban J connectivity index is 2.99. The first-order valence-electron chi connectivity index (χ1n) is 6.26. The summed E-state index contributed by atoms with van der Waals surface area (Å²) in [4.78, 5) is 33.2. The molecule has 114 valence electrons. The van der Waals surface area contributed by atoms with Gasteiger partial charge in [0.1, 0.15) is 6.04 Å². The largest absolute Gasteiger partial charge is 0.490 e. The topological polar surface area (TPSA) is 119 Å². The average molecular weight is 296 g/mol. The Bertz CT molecular complexity index is 558. The third-order valence-corrected chi connectivity index (χ3v) is 2.82. The Labute approximate surface area is 120 Å². The quantitative estimate of drug-likeness (QED) is 0.582. The number of carbonyl (C=O) groups excluding carboxylic acids is 1. The second-order valence-electron chi connectivity index (χ2n) is 4.30. The van der Waals surface area contributed by atoms with Gasteiger partial charge in [0.2, 0.25) is 0 Å². The summed E-state index contributed by atoms with van der Waals surface area (Å²) in [6.07, 6.45) is 0.860. The molecule has 1 aromatic rings. The van der Waals surface area contributed by atoms with Crippen LogP contribution in [-0.2, 0) is 4.79 Å². The van der Waals surface area contributed by atoms with E-state index in [1.54, 1.807) is 6.92 Å². The molecule has 8 nitrogen and oxygen atoms in total. The van der Waals surface area contributed by atoms with Crippen LogP contribution in [0.5, 0.6) is 5.75 Å². The molecule has 0 aromatic heterocycles. The number of nitrogens with one attached hydrogen (secondary N) is 1. The number of rotatable bonds is 7. The van der Waals surface area contributed by atoms with Crippen molar-refractivity contribution in [3.63, 3.8) is 0 Å². The van der Waals surface area contributed by atoms with E-state index in [1.807, 2.05) is 0 Å². The van der Waals surface area contributed by atoms with Gasteiger partial charge in [-0.3, -0.25) is 14.9 Å². The van der Waals surface area contributed by atoms with Crippen LogP contribution in [0.1, 0.15) is 30.1 Å². The van der Waals surface area contributed by atoms with Gasteiger partial charge in [0.25, 0.3) is 5.91 Å². The van der Waals surface area contributed by atoms with Crippen LogP contribution >= 0.6 is 0 Å². The highest BCUT2D eigenvalue weighted by Gasteiger charge is 2.22. The molecule has 1 atom stereocenters. The first kappa shape index (κ1) is 16.4. The Kier molecular flexibility index (Phi) is 5.65. The van der Waals surface area contributed by atoms with Crippen molar-refractivity contribution >= 4 is 17.6 Å². The van der Waals surface area contributed by atoms with Gasteiger partial charge < -0.3 is 15.2 Å². The Hall–Kier alpha value is -2.64. The number of methoxy groups -OCH3 is 1. The van der Waals surface area contributed by atoms with Crippen molar-refractivity contribution in [2.75, 3.05) is 7.11 Å². The summed E-state index contributed by atoms with van der Waals surface area (Å²) in [6.45, 7) is 1.79. The van der Waals surface area contributed by atoms with Crippen LogP contribution in [0, 0.1) is 10.1 Å². The lowest BCUT2D eigenvalue weighted by Crippen LogP contribution is -2.40. The van der Waals surface area contributed by atoms with Gasteiger partial charge in [-0.1, -0.05) is 13.3 Å². The summed E-state index contributed by atoms with van der Waals surface area (Å²) in [5, 5.41) is 22.2. The maximum Gasteiger partial charge on any atom is 0.326 e. The van der Waals surface area contributed by atoms with E-state index in [9.17, 15) is 19.7 Å². The van der Waals surface area contributed by atoms with Crippen LogP contribution in [0.4, 0.5) is 5.69 Å². The third-order valence-electron chi connectivity index (χ3n) is 2.82. The number of benzene rings is 1. The van der Waals surface area contributed by atoms with Crippen LogP contribution in [0.3, 0.4) is 0 Å². The van der Waals surface area contributed by atoms with Gasteiger partial charge in [-0.15, -0.1) is 0 Å². The van der Waals surface area contributed by atoms with Crippen LogP contribution in [0.15, 0.2) is 18.2 Å². The smallest absolute Gasteiger partial charge is 0.326 e. The van der Waals surface area contributed by atoms with Crippen molar-refractivity contribution in [3.05, 3.63) is 33.9 Å². The Morgan fingerprint density at radius 1 is 1.48 bits per heavy atom. The molecule has 1 unspecified atom stereocenters. The highest BCUT2D eigenvalue weighted by Crippen LogP contribution is 2.27. The molecule has 0 saturated carbocycles. The van der Waals surface area contributed by atoms with Gasteiger partial charge >= 0.3 is 11.7 Å². The van der Waals surface area contributed by atoms with E-state index >= 15 is 0 Å². The third kappa shape index (κ3) is 4.16. The summed E-state index contributed by atoms with van der Waals surface area (Å²) in [5.41, 5.74) is -0.350. The zero-order valence-corrected chi connectivity index (χ0v) is 11.7. The molecular formula is C13H16N2O6. The molecule has 0 heterocycles. The lowest BCUT2D eigenvalue weighted by atomic mass is 10.1. The van der Waals surface area contributed by atoms with E-state index in [0.29, 0.717) is 6.42 Å². The van der Waals surface area contributed by atoms with Gasteiger partial charge in [0.05, 0.1) is 12.0 Å². The van der Waals surface area contributed by atoms with Gasteiger partial charge in [-0.05, 0) is 18.6 Å². The zero-order valence-electron chi connectivity index (χ0n) is 11.7. The molecule has 0 aliphatic carbocycles. The first-order valence-corrected chi connectivity index (χ1v) is 6.26. The van der Waals surface area contributed by atoms with Gasteiger partial charge in [-0.25, -0.2) is 4.79 Å². The molecule has 0 spiro atoms. The van der Waals surface area contributed by atoms with E-state index in [2.05, 4.69) is 5.32 Å². The van der Waals surface area contributed by atoms with Crippen molar-refractivity contribution in [1.29, 1.82) is 0 Å². The number of nitrogens with zero attached hydrogens (tertiary/aromatic N) is 1. The Morgan fingerprint density at radius 2 is 2.14 bits per heavy atom. The van der Waals surface area contributed by atoms with E-state index < -0.39 is 22.8 Å². The van der Waals surface area contributed by atoms with Crippen molar-refractivity contribution in [2.45, 2.75) is 25.8 Å². The van der Waals surface area contributed by atoms with E-state index in [0.717, 1.165) is 6.07 Å². The molecule has 1 aromatic carbocycles. The molecule has 0 bridgehead atoms. The number of hydrogen-bond acceptors (Lipinski definition) is 5. The summed E-state index contributed by atoms with van der Waals surface area (Å²) in [6, 6.07) is 2.66. The number of nitro benzene ring substituents is 1. The normalized spacial score (nSPS) is 11.5. The number of carboxylic acids is 1. The summed E-state index contributed by atoms with van der Waals surface area (Å²) in [5.74, 6) is -1.80. The Morgan fingerprint density at radius 3 is 2.62 bits per heavy atom. The molecule has 1 amide bonds. The predicted octanol–water partition coefficient (Wildman–Crippen LogP) is 1.59. The van der Waals surface area contributed by atoms with E-state index in [-0.39, 0.29) is 23.4 Å². The van der Waals surface area contributed by atoms with Crippen molar-refractivity contribution in [2.24, 2.45) is 0 Å². The van der Waals surface area contributed by atoms with E-state index in [1.165, 1.54) is 19.2 Å². The second-order valence-corrected chi connectivity index (χ2v) is 4.30. The molecule has 21 heavy (non-hydrogen) atoms. The standard InChI is InChI=1S/C13H16N2O6/c1-3-4-9(13(17)18)14-12(16)8-5-6-11(21-2)10(7-8)15(19)20/h5-7,9H,3-4H2,1-2H3,(H,14,16)(H,17,18). The van der Waals surface area contributed by atoms with Crippen molar-refractivity contribution in [1.82, 2.24) is 5.32 Å². The highest BCUT2D eigenvalue weighted by atomic mass is 16.6. The minimum atomic E-state index is -1.15. The van der Waals surface area contributed by atoms with Crippen molar-refractivity contribution in [3.8, 4) is 5.75 Å². The summed E-state index contributed by atoms with van der Waals surface area (Å²) in [7, 11) is 1.28. The van der Waals surface area contributed by atoms with Crippen LogP contribution < -0.4 is 10.1 Å². The predicted molar refractivity (Wildman–Crippen MR) is 73.4 cm³/mol. The maximum absolute atomic E-state index is 12.0. The molecular weight excluding hydrogens is 280 g/mol. The fourth-order valence-electron chi connectivity index (χ4n) is 1.76. The summed E-state index contributed by atoms with van der Waals surface area (Å²) >= 11 is 0. The molecule has 0 fully saturated rings. The second kappa shape index (κ2) is 7.22. The monoisotopic (exact) mass is 296 g/mol. The highest BCUT2D eigenvalue weighted by molar-refractivity contribution is 5.97. The van der Waals surface area contributed by atoms with E-state index in [4.69, 9.17) is 9.84 Å². The van der Waals surface area contributed by atoms with Gasteiger partial charge in [0.15, 0.2) is 5.75 Å².